The average Bonchev–Trinajstić information content (AvgIpc) is 2.88. The average molecular weight is 471 g/mol. The number of hydrogen-bond acceptors (Lipinski definition) is 5. The van der Waals surface area contributed by atoms with Crippen LogP contribution in [0.1, 0.15) is 29.7 Å². The molecule has 0 bridgehead atoms. The van der Waals surface area contributed by atoms with E-state index in [9.17, 15) is 14.9 Å². The number of anilines is 2. The Kier molecular flexibility index (Phi) is 6.16. The van der Waals surface area contributed by atoms with E-state index in [1.54, 1.807) is 12.1 Å². The van der Waals surface area contributed by atoms with Gasteiger partial charge in [0.2, 0.25) is 5.91 Å². The normalized spacial score (nSPS) is 19.9. The van der Waals surface area contributed by atoms with Crippen LogP contribution in [0.15, 0.2) is 72.8 Å². The Morgan fingerprint density at radius 2 is 1.80 bits per heavy atom. The Labute approximate surface area is 205 Å². The van der Waals surface area contributed by atoms with Crippen molar-refractivity contribution in [3.63, 3.8) is 0 Å². The van der Waals surface area contributed by atoms with Crippen molar-refractivity contribution in [2.75, 3.05) is 29.4 Å². The van der Waals surface area contributed by atoms with Gasteiger partial charge in [0.15, 0.2) is 0 Å². The van der Waals surface area contributed by atoms with Crippen LogP contribution in [-0.4, -0.2) is 36.5 Å². The van der Waals surface area contributed by atoms with Crippen LogP contribution in [0.25, 0.3) is 0 Å². The molecule has 35 heavy (non-hydrogen) atoms. The summed E-state index contributed by atoms with van der Waals surface area (Å²) in [6.07, 6.45) is 0.479. The van der Waals surface area contributed by atoms with E-state index in [1.165, 1.54) is 5.56 Å². The zero-order chi connectivity index (χ0) is 24.5. The summed E-state index contributed by atoms with van der Waals surface area (Å²) < 4.78 is 0. The van der Waals surface area contributed by atoms with Crippen molar-refractivity contribution in [3.8, 4) is 0 Å². The zero-order valence-electron chi connectivity index (χ0n) is 20.1. The van der Waals surface area contributed by atoms with E-state index in [-0.39, 0.29) is 34.5 Å². The fraction of sp³-hybridized carbons (Fsp3) is 0.321. The molecule has 2 heterocycles. The van der Waals surface area contributed by atoms with Gasteiger partial charge in [-0.1, -0.05) is 48.0 Å². The maximum Gasteiger partial charge on any atom is 0.269 e. The number of hydrogen-bond donors (Lipinski definition) is 1. The van der Waals surface area contributed by atoms with Crippen LogP contribution in [0, 0.1) is 23.0 Å². The van der Waals surface area contributed by atoms with Gasteiger partial charge < -0.3 is 15.1 Å². The standard InChI is InChI=1S/C28H30N4O3/c1-19-8-10-23(11-9-19)30-14-15-31-26-13-12-24(32(34)35)16-22(26)17-25(27(31)18-30)28(33)29-20(2)21-6-4-3-5-7-21/h3-13,16,20,25,27H,14-15,17-18H2,1-2H3,(H,29,33)/t20-,25-,27+/m0/s1. The van der Waals surface area contributed by atoms with Crippen molar-refractivity contribution in [3.05, 3.63) is 99.6 Å². The van der Waals surface area contributed by atoms with Crippen molar-refractivity contribution in [1.29, 1.82) is 0 Å². The third-order valence-corrected chi connectivity index (χ3v) is 7.30. The lowest BCUT2D eigenvalue weighted by Crippen LogP contribution is -2.61. The predicted molar refractivity (Wildman–Crippen MR) is 138 cm³/mol. The molecule has 1 fully saturated rings. The summed E-state index contributed by atoms with van der Waals surface area (Å²) in [4.78, 5) is 29.3. The van der Waals surface area contributed by atoms with Gasteiger partial charge in [-0.2, -0.15) is 0 Å². The Hall–Kier alpha value is -3.87. The minimum atomic E-state index is -0.367. The van der Waals surface area contributed by atoms with Crippen molar-refractivity contribution < 1.29 is 9.72 Å². The van der Waals surface area contributed by atoms with Gasteiger partial charge in [-0.25, -0.2) is 0 Å². The molecule has 1 N–H and O–H groups in total. The third-order valence-electron chi connectivity index (χ3n) is 7.30. The van der Waals surface area contributed by atoms with Crippen molar-refractivity contribution in [1.82, 2.24) is 5.32 Å². The van der Waals surface area contributed by atoms with Crippen LogP contribution >= 0.6 is 0 Å². The molecule has 0 aromatic heterocycles. The first-order chi connectivity index (χ1) is 16.9. The molecular formula is C28H30N4O3. The molecule has 3 aromatic rings. The highest BCUT2D eigenvalue weighted by Crippen LogP contribution is 2.39. The van der Waals surface area contributed by atoms with Gasteiger partial charge in [0.05, 0.1) is 22.9 Å². The van der Waals surface area contributed by atoms with Gasteiger partial charge in [0, 0.05) is 43.1 Å². The molecule has 1 saturated heterocycles. The van der Waals surface area contributed by atoms with E-state index >= 15 is 0 Å². The predicted octanol–water partition coefficient (Wildman–Crippen LogP) is 4.65. The highest BCUT2D eigenvalue weighted by molar-refractivity contribution is 5.83. The van der Waals surface area contributed by atoms with Gasteiger partial charge in [0.1, 0.15) is 0 Å². The lowest BCUT2D eigenvalue weighted by Gasteiger charge is -2.49. The summed E-state index contributed by atoms with van der Waals surface area (Å²) in [5, 5.41) is 14.6. The van der Waals surface area contributed by atoms with E-state index in [0.717, 1.165) is 42.1 Å². The van der Waals surface area contributed by atoms with E-state index in [2.05, 4.69) is 46.3 Å². The summed E-state index contributed by atoms with van der Waals surface area (Å²) in [7, 11) is 0. The summed E-state index contributed by atoms with van der Waals surface area (Å²) in [5.74, 6) is -0.330. The number of piperazine rings is 1. The van der Waals surface area contributed by atoms with Crippen molar-refractivity contribution in [2.45, 2.75) is 32.4 Å². The molecular weight excluding hydrogens is 440 g/mol. The van der Waals surface area contributed by atoms with E-state index in [0.29, 0.717) is 6.42 Å². The highest BCUT2D eigenvalue weighted by Gasteiger charge is 2.42. The molecule has 3 aromatic carbocycles. The smallest absolute Gasteiger partial charge is 0.269 e. The molecule has 0 saturated carbocycles. The summed E-state index contributed by atoms with van der Waals surface area (Å²) >= 11 is 0. The van der Waals surface area contributed by atoms with Crippen LogP contribution in [0.5, 0.6) is 0 Å². The largest absolute Gasteiger partial charge is 0.368 e. The van der Waals surface area contributed by atoms with Gasteiger partial charge in [-0.15, -0.1) is 0 Å². The molecule has 180 valence electrons. The Morgan fingerprint density at radius 1 is 1.06 bits per heavy atom. The number of fused-ring (bicyclic) bond motifs is 3. The molecule has 7 nitrogen and oxygen atoms in total. The molecule has 0 aliphatic carbocycles. The third kappa shape index (κ3) is 4.58. The fourth-order valence-electron chi connectivity index (χ4n) is 5.36. The van der Waals surface area contributed by atoms with Gasteiger partial charge in [0.25, 0.3) is 5.69 Å². The number of benzene rings is 3. The summed E-state index contributed by atoms with van der Waals surface area (Å²) in [6.45, 7) is 6.36. The Balaban J connectivity index is 1.45. The monoisotopic (exact) mass is 470 g/mol. The first-order valence-corrected chi connectivity index (χ1v) is 12.1. The van der Waals surface area contributed by atoms with Crippen LogP contribution in [0.3, 0.4) is 0 Å². The number of carbonyl (C=O) groups is 1. The molecule has 2 aliphatic rings. The number of nitro benzene ring substituents is 1. The van der Waals surface area contributed by atoms with Gasteiger partial charge >= 0.3 is 0 Å². The van der Waals surface area contributed by atoms with Crippen molar-refractivity contribution in [2.24, 2.45) is 5.92 Å². The van der Waals surface area contributed by atoms with Crippen LogP contribution in [0.2, 0.25) is 0 Å². The molecule has 0 spiro atoms. The number of amides is 1. The summed E-state index contributed by atoms with van der Waals surface area (Å²) in [6, 6.07) is 23.3. The second-order valence-electron chi connectivity index (χ2n) is 9.56. The van der Waals surface area contributed by atoms with Crippen LogP contribution < -0.4 is 15.1 Å². The van der Waals surface area contributed by atoms with Gasteiger partial charge in [-0.05, 0) is 49.6 Å². The molecule has 2 aliphatic heterocycles. The van der Waals surface area contributed by atoms with E-state index in [1.807, 2.05) is 43.3 Å². The quantitative estimate of drug-likeness (QED) is 0.434. The number of aryl methyl sites for hydroxylation is 1. The second-order valence-corrected chi connectivity index (χ2v) is 9.56. The lowest BCUT2D eigenvalue weighted by atomic mass is 9.82. The number of non-ortho nitro benzene ring substituents is 1. The second kappa shape index (κ2) is 9.41. The molecule has 0 radical (unpaired) electrons. The zero-order valence-corrected chi connectivity index (χ0v) is 20.1. The van der Waals surface area contributed by atoms with Gasteiger partial charge in [-0.3, -0.25) is 14.9 Å². The minimum absolute atomic E-state index is 0.0146. The van der Waals surface area contributed by atoms with Crippen LogP contribution in [-0.2, 0) is 11.2 Å². The Morgan fingerprint density at radius 3 is 2.51 bits per heavy atom. The molecule has 5 rings (SSSR count). The van der Waals surface area contributed by atoms with E-state index < -0.39 is 0 Å². The maximum absolute atomic E-state index is 13.7. The van der Waals surface area contributed by atoms with E-state index in [4.69, 9.17) is 0 Å². The summed E-state index contributed by atoms with van der Waals surface area (Å²) in [5.41, 5.74) is 5.36. The first kappa shape index (κ1) is 22.9. The molecule has 3 atom stereocenters. The Bertz CT molecular complexity index is 1230. The number of nitro groups is 1. The highest BCUT2D eigenvalue weighted by atomic mass is 16.6. The number of carbonyl (C=O) groups excluding carboxylic acids is 1. The first-order valence-electron chi connectivity index (χ1n) is 12.1. The van der Waals surface area contributed by atoms with Crippen molar-refractivity contribution >= 4 is 23.0 Å². The minimum Gasteiger partial charge on any atom is -0.368 e. The molecule has 0 unspecified atom stereocenters. The molecule has 7 heteroatoms. The SMILES string of the molecule is Cc1ccc(N2CCN3c4ccc([N+](=O)[O-])cc4C[C@H](C(=O)N[C@@H](C)c4ccccc4)[C@H]3C2)cc1. The number of nitrogens with one attached hydrogen (secondary N) is 1. The topological polar surface area (TPSA) is 78.7 Å². The fourth-order valence-corrected chi connectivity index (χ4v) is 5.36. The number of rotatable bonds is 5. The number of nitrogens with zero attached hydrogens (tertiary/aromatic N) is 3. The molecule has 1 amide bonds. The maximum atomic E-state index is 13.7. The van der Waals surface area contributed by atoms with Crippen LogP contribution in [0.4, 0.5) is 17.1 Å². The lowest BCUT2D eigenvalue weighted by molar-refractivity contribution is -0.384.